The molecule has 1 aliphatic carbocycles. The number of hydrogen-bond acceptors (Lipinski definition) is 1. The lowest BCUT2D eigenvalue weighted by molar-refractivity contribution is 0.475. The molecule has 3 aromatic carbocycles. The molecule has 4 rings (SSSR count). The fourth-order valence-corrected chi connectivity index (χ4v) is 2.95. The fourth-order valence-electron chi connectivity index (χ4n) is 2.95. The maximum atomic E-state index is 9.38. The second-order valence-electron chi connectivity index (χ2n) is 6.99. The summed E-state index contributed by atoms with van der Waals surface area (Å²) in [6, 6.07) is 21.6. The van der Waals surface area contributed by atoms with E-state index in [1.807, 2.05) is 32.0 Å². The molecule has 0 amide bonds. The van der Waals surface area contributed by atoms with Crippen molar-refractivity contribution >= 4 is 0 Å². The second-order valence-corrected chi connectivity index (χ2v) is 6.99. The average Bonchev–Trinajstić information content (AvgIpc) is 3.60. The van der Waals surface area contributed by atoms with Crippen LogP contribution in [0.15, 0.2) is 66.7 Å². The van der Waals surface area contributed by atoms with Crippen LogP contribution in [0.5, 0.6) is 5.75 Å². The summed E-state index contributed by atoms with van der Waals surface area (Å²) in [4.78, 5) is 0. The zero-order chi connectivity index (χ0) is 20.6. The van der Waals surface area contributed by atoms with E-state index >= 15 is 0 Å². The van der Waals surface area contributed by atoms with Gasteiger partial charge in [-0.3, -0.25) is 0 Å². The average molecular weight is 379 g/mol. The van der Waals surface area contributed by atoms with Crippen LogP contribution in [-0.2, 0) is 0 Å². The van der Waals surface area contributed by atoms with Gasteiger partial charge in [0.2, 0.25) is 0 Å². The van der Waals surface area contributed by atoms with Gasteiger partial charge in [0, 0.05) is 22.3 Å². The summed E-state index contributed by atoms with van der Waals surface area (Å²) >= 11 is 0. The summed E-state index contributed by atoms with van der Waals surface area (Å²) in [5, 5.41) is 9.38. The lowest BCUT2D eigenvalue weighted by Crippen LogP contribution is -1.89. The van der Waals surface area contributed by atoms with E-state index in [0.29, 0.717) is 5.92 Å². The maximum absolute atomic E-state index is 9.38. The van der Waals surface area contributed by atoms with E-state index in [-0.39, 0.29) is 5.75 Å². The fraction of sp³-hybridized carbons (Fsp3) is 0.214. The summed E-state index contributed by atoms with van der Waals surface area (Å²) in [6.07, 6.45) is 2.45. The third-order valence-corrected chi connectivity index (χ3v) is 4.68. The number of phenolic OH excluding ortho intramolecular Hbond substituents is 1. The summed E-state index contributed by atoms with van der Waals surface area (Å²) in [5.74, 6) is 13.9. The van der Waals surface area contributed by atoms with Gasteiger partial charge in [0.05, 0.1) is 0 Å². The minimum atomic E-state index is 0.260. The molecule has 0 radical (unpaired) electrons. The second kappa shape index (κ2) is 9.68. The molecule has 0 unspecified atom stereocenters. The number of phenols is 1. The van der Waals surface area contributed by atoms with Crippen molar-refractivity contribution in [1.29, 1.82) is 0 Å². The highest BCUT2D eigenvalue weighted by molar-refractivity contribution is 5.53. The van der Waals surface area contributed by atoms with Crippen LogP contribution in [0.4, 0.5) is 0 Å². The Morgan fingerprint density at radius 3 is 1.83 bits per heavy atom. The van der Waals surface area contributed by atoms with Gasteiger partial charge >= 0.3 is 0 Å². The Hall–Kier alpha value is -3.42. The number of hydrogen-bond donors (Lipinski definition) is 1. The van der Waals surface area contributed by atoms with Crippen LogP contribution in [0.3, 0.4) is 0 Å². The molecule has 1 fully saturated rings. The highest BCUT2D eigenvalue weighted by atomic mass is 16.3. The van der Waals surface area contributed by atoms with Gasteiger partial charge in [-0.1, -0.05) is 55.2 Å². The van der Waals surface area contributed by atoms with E-state index in [2.05, 4.69) is 67.0 Å². The largest absolute Gasteiger partial charge is 0.508 e. The Morgan fingerprint density at radius 2 is 1.21 bits per heavy atom. The summed E-state index contributed by atoms with van der Waals surface area (Å²) in [7, 11) is 0. The Balaban J connectivity index is 0.00000117. The summed E-state index contributed by atoms with van der Waals surface area (Å²) in [5.41, 5.74) is 6.59. The third kappa shape index (κ3) is 5.78. The molecule has 3 aromatic rings. The molecular weight excluding hydrogens is 352 g/mol. The molecule has 0 heterocycles. The molecule has 1 aliphatic rings. The number of benzene rings is 3. The van der Waals surface area contributed by atoms with Gasteiger partial charge in [0.1, 0.15) is 5.75 Å². The normalized spacial score (nSPS) is 11.8. The van der Waals surface area contributed by atoms with Crippen LogP contribution in [0, 0.1) is 30.6 Å². The predicted octanol–water partition coefficient (Wildman–Crippen LogP) is 6.40. The van der Waals surface area contributed by atoms with Gasteiger partial charge in [-0.15, -0.1) is 0 Å². The minimum Gasteiger partial charge on any atom is -0.508 e. The Labute approximate surface area is 174 Å². The molecule has 0 aromatic heterocycles. The van der Waals surface area contributed by atoms with Crippen LogP contribution in [0.2, 0.25) is 0 Å². The SMILES string of the molecule is CC.Cc1ccc(C#Cc2ccc(C#Cc3ccc(O)cc3)c(C3CC3)c2)cc1. The molecule has 0 bridgehead atoms. The molecule has 144 valence electrons. The van der Waals surface area contributed by atoms with E-state index < -0.39 is 0 Å². The quantitative estimate of drug-likeness (QED) is 0.486. The first-order valence-corrected chi connectivity index (χ1v) is 10.2. The van der Waals surface area contributed by atoms with Crippen molar-refractivity contribution in [1.82, 2.24) is 0 Å². The summed E-state index contributed by atoms with van der Waals surface area (Å²) in [6.45, 7) is 6.08. The molecule has 1 saturated carbocycles. The molecule has 0 aliphatic heterocycles. The zero-order valence-electron chi connectivity index (χ0n) is 17.3. The Bertz CT molecular complexity index is 1080. The first kappa shape index (κ1) is 20.3. The van der Waals surface area contributed by atoms with Crippen molar-refractivity contribution in [3.05, 3.63) is 100 Å². The van der Waals surface area contributed by atoms with Crippen LogP contribution in [-0.4, -0.2) is 5.11 Å². The standard InChI is InChI=1S/C26H20O.C2H6/c1-19-2-4-20(5-3-19)6-7-22-9-13-23(26(18-22)24-14-15-24)12-8-21-10-16-25(27)17-11-21;1-2/h2-5,9-11,13,16-18,24,27H,14-15H2,1H3;1-2H3. The van der Waals surface area contributed by atoms with Gasteiger partial charge in [-0.2, -0.15) is 0 Å². The van der Waals surface area contributed by atoms with E-state index in [0.717, 1.165) is 22.3 Å². The predicted molar refractivity (Wildman–Crippen MR) is 121 cm³/mol. The number of aromatic hydroxyl groups is 1. The molecule has 1 heteroatoms. The van der Waals surface area contributed by atoms with E-state index in [1.165, 1.54) is 24.0 Å². The van der Waals surface area contributed by atoms with Crippen molar-refractivity contribution < 1.29 is 5.11 Å². The lowest BCUT2D eigenvalue weighted by atomic mass is 10.00. The smallest absolute Gasteiger partial charge is 0.115 e. The first-order valence-electron chi connectivity index (χ1n) is 10.2. The minimum absolute atomic E-state index is 0.260. The summed E-state index contributed by atoms with van der Waals surface area (Å²) < 4.78 is 0. The molecule has 1 N–H and O–H groups in total. The van der Waals surface area contributed by atoms with E-state index in [4.69, 9.17) is 0 Å². The zero-order valence-corrected chi connectivity index (χ0v) is 17.3. The number of rotatable bonds is 1. The van der Waals surface area contributed by atoms with Crippen LogP contribution in [0.25, 0.3) is 0 Å². The number of aryl methyl sites for hydroxylation is 1. The highest BCUT2D eigenvalue weighted by Crippen LogP contribution is 2.41. The van der Waals surface area contributed by atoms with Crippen molar-refractivity contribution in [2.45, 2.75) is 39.5 Å². The van der Waals surface area contributed by atoms with Crippen molar-refractivity contribution in [3.8, 4) is 29.4 Å². The molecular formula is C28H26O. The molecule has 0 atom stereocenters. The highest BCUT2D eigenvalue weighted by Gasteiger charge is 2.25. The van der Waals surface area contributed by atoms with Crippen LogP contribution < -0.4 is 0 Å². The monoisotopic (exact) mass is 378 g/mol. The van der Waals surface area contributed by atoms with Crippen molar-refractivity contribution in [2.75, 3.05) is 0 Å². The van der Waals surface area contributed by atoms with Gasteiger partial charge in [-0.05, 0) is 85.8 Å². The first-order chi connectivity index (χ1) is 14.2. The molecule has 0 saturated heterocycles. The van der Waals surface area contributed by atoms with E-state index in [1.54, 1.807) is 12.1 Å². The van der Waals surface area contributed by atoms with Gasteiger partial charge in [0.25, 0.3) is 0 Å². The topological polar surface area (TPSA) is 20.2 Å². The Kier molecular flexibility index (Phi) is 6.78. The lowest BCUT2D eigenvalue weighted by Gasteiger charge is -2.03. The molecule has 1 nitrogen and oxygen atoms in total. The molecule has 0 spiro atoms. The van der Waals surface area contributed by atoms with E-state index in [9.17, 15) is 5.11 Å². The van der Waals surface area contributed by atoms with Crippen LogP contribution >= 0.6 is 0 Å². The Morgan fingerprint density at radius 1 is 0.690 bits per heavy atom. The van der Waals surface area contributed by atoms with Crippen molar-refractivity contribution in [3.63, 3.8) is 0 Å². The van der Waals surface area contributed by atoms with Crippen LogP contribution in [0.1, 0.15) is 66.0 Å². The van der Waals surface area contributed by atoms with Gasteiger partial charge in [0.15, 0.2) is 0 Å². The van der Waals surface area contributed by atoms with Gasteiger partial charge < -0.3 is 5.11 Å². The molecule has 29 heavy (non-hydrogen) atoms. The maximum Gasteiger partial charge on any atom is 0.115 e. The van der Waals surface area contributed by atoms with Gasteiger partial charge in [-0.25, -0.2) is 0 Å². The van der Waals surface area contributed by atoms with Crippen molar-refractivity contribution in [2.24, 2.45) is 0 Å². The third-order valence-electron chi connectivity index (χ3n) is 4.68.